The molecule has 11 atom stereocenters. The second kappa shape index (κ2) is 41.5. The summed E-state index contributed by atoms with van der Waals surface area (Å²) in [6.45, 7) is 18.9. The van der Waals surface area contributed by atoms with Gasteiger partial charge in [0.25, 0.3) is 0 Å². The summed E-state index contributed by atoms with van der Waals surface area (Å²) in [5, 5.41) is 85.6. The van der Waals surface area contributed by atoms with Crippen LogP contribution >= 0.6 is 0 Å². The number of nitrogens with one attached hydrogen (secondary N) is 8. The molecule has 9 unspecified atom stereocenters. The van der Waals surface area contributed by atoms with Gasteiger partial charge in [0, 0.05) is 78.8 Å². The molecule has 2 rings (SSSR count). The first-order chi connectivity index (χ1) is 40.7. The predicted molar refractivity (Wildman–Crippen MR) is 323 cm³/mol. The summed E-state index contributed by atoms with van der Waals surface area (Å²) in [6.07, 6.45) is 0.623. The van der Waals surface area contributed by atoms with Crippen LogP contribution in [0.2, 0.25) is 0 Å². The van der Waals surface area contributed by atoms with E-state index in [9.17, 15) is 73.8 Å². The molecule has 8 amide bonds. The van der Waals surface area contributed by atoms with Crippen LogP contribution in [0.3, 0.4) is 0 Å². The number of aliphatic imine (C=N–C) groups is 1. The average molecular weight is 1460 g/mol. The molecular weight excluding hydrogens is 1360 g/mol. The standard InChI is InChI=1S/C55H91N9O16.C6H14N2.Na.Pt/c1-31(2)19-38(44(71)57-26-41(69)64-42(46(73)74)47(75)76)63-45(72)39(20-37-17-15-14-16-18-37)62-40(68)27-61-51(80)55(13,29-53(11,49(78)60-25-36(8)67)21-33(5)43(70)56-23-34(6)65)30-54(12,50(79)58-22-32(3)4)28-52(9,10)48(77)59-24-35(7)66;7-5-3-1-2-4-6(5)8;;/h14-18,31-36,38-39,42,65-67H,19-30H2,1-13H3,(H,56,70)(H,57,71)(H,58,79)(H,59,77)(H,60,78)(H,61,80)(H,62,68)(H,63,72)(H,64,69)(H,73,74)(H,75,76);5-6H,1-4,7-8H2;;/q;;+1;+2/p-3/t33?,34?,35?,36?,38-,39-,53?,54?,55?;;;/m0.../s1. The number of carbonyl (C=O) groups is 10. The number of carbonyl (C=O) groups excluding carboxylic acids is 10. The van der Waals surface area contributed by atoms with Crippen molar-refractivity contribution in [3.63, 3.8) is 0 Å². The molecule has 1 saturated carbocycles. The van der Waals surface area contributed by atoms with Crippen molar-refractivity contribution in [1.29, 1.82) is 0 Å². The maximum absolute atomic E-state index is 15.2. The third kappa shape index (κ3) is 32.4. The van der Waals surface area contributed by atoms with Gasteiger partial charge in [-0.3, -0.25) is 43.3 Å². The van der Waals surface area contributed by atoms with Gasteiger partial charge in [-0.15, -0.1) is 0 Å². The number of hydrogen-bond acceptors (Lipinski definition) is 19. The fourth-order valence-electron chi connectivity index (χ4n) is 10.6. The Balaban J connectivity index is 0. The third-order valence-electron chi connectivity index (χ3n) is 14.9. The Hall–Kier alpha value is -5.12. The first kappa shape index (κ1) is 86.9. The van der Waals surface area contributed by atoms with Crippen LogP contribution in [0.1, 0.15) is 153 Å². The topological polar surface area (TPSA) is 461 Å². The zero-order valence-electron chi connectivity index (χ0n) is 55.1. The van der Waals surface area contributed by atoms with E-state index < -0.39 is 149 Å². The number of aliphatic carboxylic acids is 2. The number of aliphatic hydroxyl groups excluding tert-OH is 3. The number of rotatable bonds is 36. The fraction of sp³-hybridized carbons (Fsp3) is 0.721. The largest absolute Gasteiger partial charge is 2.00 e. The van der Waals surface area contributed by atoms with E-state index in [1.54, 1.807) is 71.9 Å². The van der Waals surface area contributed by atoms with E-state index >= 15 is 4.79 Å². The summed E-state index contributed by atoms with van der Waals surface area (Å²) in [5.74, 6) is -12.9. The van der Waals surface area contributed by atoms with Crippen molar-refractivity contribution >= 4 is 65.1 Å². The first-order valence-corrected chi connectivity index (χ1v) is 30.2. The smallest absolute Gasteiger partial charge is 0.861 e. The van der Waals surface area contributed by atoms with Crippen LogP contribution in [0.15, 0.2) is 35.3 Å². The molecule has 0 aromatic heterocycles. The molecule has 0 aliphatic heterocycles. The molecule has 0 spiro atoms. The Labute approximate surface area is 567 Å². The second-order valence-corrected chi connectivity index (χ2v) is 26.1. The van der Waals surface area contributed by atoms with Gasteiger partial charge in [-0.05, 0) is 89.0 Å². The number of carboxylic acids is 2. The zero-order valence-corrected chi connectivity index (χ0v) is 59.4. The molecule has 0 heterocycles. The van der Waals surface area contributed by atoms with Gasteiger partial charge in [-0.1, -0.05) is 112 Å². The minimum Gasteiger partial charge on any atom is -0.861 e. The van der Waals surface area contributed by atoms with Gasteiger partial charge in [0.2, 0.25) is 47.3 Å². The summed E-state index contributed by atoms with van der Waals surface area (Å²) in [4.78, 5) is 139. The van der Waals surface area contributed by atoms with Crippen molar-refractivity contribution in [3.8, 4) is 0 Å². The Kier molecular flexibility index (Phi) is 40.1. The molecular formula is C61H102N11NaO16Pt. The van der Waals surface area contributed by atoms with Gasteiger partial charge in [-0.2, -0.15) is 0 Å². The maximum atomic E-state index is 15.2. The van der Waals surface area contributed by atoms with Crippen LogP contribution in [-0.2, 0) is 75.4 Å². The molecule has 27 nitrogen and oxygen atoms in total. The fourth-order valence-corrected chi connectivity index (χ4v) is 10.6. The first-order valence-electron chi connectivity index (χ1n) is 30.2. The van der Waals surface area contributed by atoms with Gasteiger partial charge in [-0.25, -0.2) is 0 Å². The normalized spacial score (nSPS) is 18.1. The SMILES string of the molecule is CC(C)CNC(=O)C(C)(CC(C)(C)C(=O)NCC(C)O)CC(C)(CC(C)(CC(C)C(=O)NCC(C)O)C(=O)NCC(C)O)C(=O)NCC(=O)N[C@@H](Cc1ccccc1)C(=O)N[C@@H](CC(C)C)C(=O)NCC([O-])=NC(C(=O)[O-])C(=O)[O-].NC1CCCCC1N.[Na+].[Pt+2]. The monoisotopic (exact) mass is 1460 g/mol. The van der Waals surface area contributed by atoms with Crippen LogP contribution in [0.25, 0.3) is 0 Å². The number of nitrogens with zero attached hydrogens (tertiary/aromatic N) is 1. The molecule has 1 aliphatic carbocycles. The number of nitrogens with two attached hydrogens (primary N) is 2. The molecule has 0 saturated heterocycles. The zero-order chi connectivity index (χ0) is 67.5. The Bertz CT molecular complexity index is 2490. The van der Waals surface area contributed by atoms with Crippen molar-refractivity contribution in [1.82, 2.24) is 42.5 Å². The van der Waals surface area contributed by atoms with Crippen molar-refractivity contribution in [2.45, 2.75) is 203 Å². The molecule has 0 bridgehead atoms. The number of carboxylic acid groups (broad SMARTS) is 2. The Morgan fingerprint density at radius 1 is 0.556 bits per heavy atom. The van der Waals surface area contributed by atoms with Crippen LogP contribution in [0.5, 0.6) is 0 Å². The third-order valence-corrected chi connectivity index (χ3v) is 14.9. The van der Waals surface area contributed by atoms with Crippen molar-refractivity contribution < 1.29 is 129 Å². The summed E-state index contributed by atoms with van der Waals surface area (Å²) in [7, 11) is 0. The Morgan fingerprint density at radius 2 is 1.01 bits per heavy atom. The van der Waals surface area contributed by atoms with Crippen molar-refractivity contribution in [2.75, 3.05) is 39.3 Å². The predicted octanol–water partition coefficient (Wildman–Crippen LogP) is -6.17. The molecule has 1 aromatic rings. The molecule has 1 aromatic carbocycles. The number of hydrogen-bond donors (Lipinski definition) is 13. The van der Waals surface area contributed by atoms with Crippen LogP contribution in [-0.4, -0.2) is 168 Å². The number of amides is 8. The van der Waals surface area contributed by atoms with E-state index in [0.29, 0.717) is 5.56 Å². The van der Waals surface area contributed by atoms with Gasteiger partial charge < -0.3 is 94.2 Å². The van der Waals surface area contributed by atoms with E-state index in [1.807, 2.05) is 13.8 Å². The molecule has 29 heteroatoms. The molecule has 1 aliphatic rings. The summed E-state index contributed by atoms with van der Waals surface area (Å²) >= 11 is 0. The quantitative estimate of drug-likeness (QED) is 0.0129. The van der Waals surface area contributed by atoms with Crippen molar-refractivity contribution in [2.24, 2.45) is 55.9 Å². The summed E-state index contributed by atoms with van der Waals surface area (Å²) < 4.78 is 0. The van der Waals surface area contributed by atoms with Crippen LogP contribution in [0.4, 0.5) is 0 Å². The van der Waals surface area contributed by atoms with Gasteiger partial charge in [0.1, 0.15) is 18.1 Å². The van der Waals surface area contributed by atoms with E-state index in [-0.39, 0.29) is 133 Å². The minimum absolute atomic E-state index is 0. The Morgan fingerprint density at radius 3 is 1.49 bits per heavy atom. The van der Waals surface area contributed by atoms with Crippen LogP contribution < -0.4 is 98.9 Å². The maximum Gasteiger partial charge on any atom is 2.00 e. The van der Waals surface area contributed by atoms with Crippen molar-refractivity contribution in [3.05, 3.63) is 35.9 Å². The second-order valence-electron chi connectivity index (χ2n) is 26.1. The number of benzene rings is 1. The molecule has 90 heavy (non-hydrogen) atoms. The minimum atomic E-state index is -2.64. The summed E-state index contributed by atoms with van der Waals surface area (Å²) in [6, 6.07) is 3.51. The van der Waals surface area contributed by atoms with Gasteiger partial charge in [0.05, 0.1) is 36.8 Å². The number of aliphatic hydroxyl groups is 3. The molecule has 508 valence electrons. The van der Waals surface area contributed by atoms with Gasteiger partial charge in [0.15, 0.2) is 0 Å². The average Bonchev–Trinajstić information content (AvgIpc) is 1.14. The van der Waals surface area contributed by atoms with E-state index in [1.165, 1.54) is 47.5 Å². The van der Waals surface area contributed by atoms with E-state index in [2.05, 4.69) is 47.5 Å². The van der Waals surface area contributed by atoms with E-state index in [0.717, 1.165) is 12.8 Å². The van der Waals surface area contributed by atoms with E-state index in [4.69, 9.17) is 11.5 Å². The van der Waals surface area contributed by atoms with Gasteiger partial charge >= 0.3 is 50.6 Å². The summed E-state index contributed by atoms with van der Waals surface area (Å²) in [5.41, 5.74) is 5.42. The molecule has 0 radical (unpaired) electrons. The van der Waals surface area contributed by atoms with Crippen LogP contribution in [0, 0.1) is 39.4 Å². The molecule has 15 N–H and O–H groups in total. The molecule has 1 fully saturated rings.